The van der Waals surface area contributed by atoms with Crippen LogP contribution in [-0.2, 0) is 18.0 Å². The number of alkyl halides is 3. The van der Waals surface area contributed by atoms with Crippen LogP contribution < -0.4 is 0 Å². The van der Waals surface area contributed by atoms with Crippen molar-refractivity contribution in [1.82, 2.24) is 9.78 Å². The van der Waals surface area contributed by atoms with E-state index >= 15 is 0 Å². The number of halogens is 3. The second-order valence-electron chi connectivity index (χ2n) is 2.91. The molecule has 1 heterocycles. The highest BCUT2D eigenvalue weighted by molar-refractivity contribution is 5.21. The van der Waals surface area contributed by atoms with Crippen LogP contribution >= 0.6 is 0 Å². The van der Waals surface area contributed by atoms with Crippen molar-refractivity contribution < 1.29 is 23.0 Å². The van der Waals surface area contributed by atoms with Crippen LogP contribution in [0.4, 0.5) is 13.2 Å². The van der Waals surface area contributed by atoms with E-state index in [1.807, 2.05) is 0 Å². The van der Waals surface area contributed by atoms with Gasteiger partial charge in [0.15, 0.2) is 0 Å². The normalized spacial score (nSPS) is 14.3. The van der Waals surface area contributed by atoms with E-state index in [4.69, 9.17) is 0 Å². The van der Waals surface area contributed by atoms with Crippen molar-refractivity contribution in [2.45, 2.75) is 19.4 Å². The Labute approximate surface area is 84.3 Å². The van der Waals surface area contributed by atoms with E-state index in [0.29, 0.717) is 0 Å². The molecular weight excluding hydrogens is 213 g/mol. The number of aliphatic hydroxyl groups excluding tert-OH is 1. The molecule has 0 aliphatic heterocycles. The van der Waals surface area contributed by atoms with Gasteiger partial charge in [0, 0.05) is 19.9 Å². The van der Waals surface area contributed by atoms with Gasteiger partial charge in [0.2, 0.25) is 6.29 Å². The Balaban J connectivity index is 3.06. The lowest BCUT2D eigenvalue weighted by Crippen LogP contribution is -2.12. The smallest absolute Gasteiger partial charge is 0.363 e. The number of aryl methyl sites for hydroxylation is 1. The average Bonchev–Trinajstić information content (AvgIpc) is 2.47. The zero-order valence-electron chi connectivity index (χ0n) is 8.25. The van der Waals surface area contributed by atoms with Crippen LogP contribution in [0.5, 0.6) is 0 Å². The molecule has 0 saturated carbocycles. The Morgan fingerprint density at radius 3 is 2.67 bits per heavy atom. The van der Waals surface area contributed by atoms with Crippen molar-refractivity contribution in [3.05, 3.63) is 17.5 Å². The van der Waals surface area contributed by atoms with Gasteiger partial charge < -0.3 is 9.84 Å². The minimum absolute atomic E-state index is 0.106. The Kier molecular flexibility index (Phi) is 3.35. The highest BCUT2D eigenvalue weighted by atomic mass is 19.4. The number of aromatic nitrogens is 2. The molecule has 0 amide bonds. The summed E-state index contributed by atoms with van der Waals surface area (Å²) in [4.78, 5) is 0. The SMILES string of the molecule is CCOC(O)c1nn(C)cc1C(F)(F)F. The van der Waals surface area contributed by atoms with Crippen LogP contribution in [0.1, 0.15) is 24.5 Å². The molecule has 1 atom stereocenters. The van der Waals surface area contributed by atoms with Gasteiger partial charge in [-0.05, 0) is 6.92 Å². The summed E-state index contributed by atoms with van der Waals surface area (Å²) < 4.78 is 43.0. The van der Waals surface area contributed by atoms with Crippen molar-refractivity contribution in [1.29, 1.82) is 0 Å². The highest BCUT2D eigenvalue weighted by Crippen LogP contribution is 2.34. The van der Waals surface area contributed by atoms with E-state index in [-0.39, 0.29) is 6.61 Å². The number of aliphatic hydroxyl groups is 1. The molecule has 1 aromatic heterocycles. The molecule has 0 aliphatic carbocycles. The zero-order valence-corrected chi connectivity index (χ0v) is 8.25. The molecule has 0 radical (unpaired) electrons. The summed E-state index contributed by atoms with van der Waals surface area (Å²) in [6, 6.07) is 0. The minimum atomic E-state index is -4.54. The summed E-state index contributed by atoms with van der Waals surface area (Å²) in [5.41, 5.74) is -1.49. The van der Waals surface area contributed by atoms with Crippen molar-refractivity contribution in [3.8, 4) is 0 Å². The van der Waals surface area contributed by atoms with Gasteiger partial charge in [-0.3, -0.25) is 4.68 Å². The molecule has 0 spiro atoms. The third-order valence-corrected chi connectivity index (χ3v) is 1.72. The van der Waals surface area contributed by atoms with E-state index in [2.05, 4.69) is 9.84 Å². The molecule has 86 valence electrons. The second kappa shape index (κ2) is 4.19. The molecule has 0 fully saturated rings. The molecular formula is C8H11F3N2O2. The van der Waals surface area contributed by atoms with Gasteiger partial charge in [0.05, 0.1) is 0 Å². The van der Waals surface area contributed by atoms with Crippen molar-refractivity contribution >= 4 is 0 Å². The predicted octanol–water partition coefficient (Wildman–Crippen LogP) is 1.47. The Morgan fingerprint density at radius 2 is 2.20 bits per heavy atom. The molecule has 1 unspecified atom stereocenters. The van der Waals surface area contributed by atoms with Gasteiger partial charge >= 0.3 is 6.18 Å². The van der Waals surface area contributed by atoms with Crippen molar-refractivity contribution in [2.24, 2.45) is 7.05 Å². The Hall–Kier alpha value is -1.08. The van der Waals surface area contributed by atoms with E-state index in [9.17, 15) is 18.3 Å². The van der Waals surface area contributed by atoms with E-state index in [1.54, 1.807) is 6.92 Å². The van der Waals surface area contributed by atoms with Gasteiger partial charge in [0.1, 0.15) is 11.3 Å². The number of ether oxygens (including phenoxy) is 1. The number of rotatable bonds is 3. The topological polar surface area (TPSA) is 47.3 Å². The van der Waals surface area contributed by atoms with Gasteiger partial charge in [-0.15, -0.1) is 0 Å². The summed E-state index contributed by atoms with van der Waals surface area (Å²) in [5.74, 6) is 0. The molecule has 0 aromatic carbocycles. The number of hydrogen-bond donors (Lipinski definition) is 1. The van der Waals surface area contributed by atoms with Crippen molar-refractivity contribution in [3.63, 3.8) is 0 Å². The molecule has 0 aliphatic rings. The minimum Gasteiger partial charge on any atom is -0.363 e. The van der Waals surface area contributed by atoms with Crippen LogP contribution in [0, 0.1) is 0 Å². The molecule has 0 bridgehead atoms. The fraction of sp³-hybridized carbons (Fsp3) is 0.625. The van der Waals surface area contributed by atoms with E-state index < -0.39 is 23.7 Å². The summed E-state index contributed by atoms with van der Waals surface area (Å²) in [6.07, 6.45) is -5.38. The molecule has 4 nitrogen and oxygen atoms in total. The van der Waals surface area contributed by atoms with E-state index in [0.717, 1.165) is 10.9 Å². The van der Waals surface area contributed by atoms with Crippen LogP contribution in [0.3, 0.4) is 0 Å². The molecule has 1 rings (SSSR count). The van der Waals surface area contributed by atoms with Crippen molar-refractivity contribution in [2.75, 3.05) is 6.61 Å². The third kappa shape index (κ3) is 2.69. The number of nitrogens with zero attached hydrogens (tertiary/aromatic N) is 2. The molecule has 1 aromatic rings. The quantitative estimate of drug-likeness (QED) is 0.791. The molecule has 7 heteroatoms. The van der Waals surface area contributed by atoms with E-state index in [1.165, 1.54) is 7.05 Å². The first-order valence-electron chi connectivity index (χ1n) is 4.26. The Bertz CT molecular complexity index is 335. The van der Waals surface area contributed by atoms with Gasteiger partial charge in [-0.2, -0.15) is 18.3 Å². The predicted molar refractivity (Wildman–Crippen MR) is 44.8 cm³/mol. The molecule has 15 heavy (non-hydrogen) atoms. The molecule has 0 saturated heterocycles. The average molecular weight is 224 g/mol. The summed E-state index contributed by atoms with van der Waals surface area (Å²) in [6.45, 7) is 1.68. The van der Waals surface area contributed by atoms with Crippen LogP contribution in [-0.4, -0.2) is 21.5 Å². The lowest BCUT2D eigenvalue weighted by Gasteiger charge is -2.11. The summed E-state index contributed by atoms with van der Waals surface area (Å²) in [7, 11) is 1.34. The standard InChI is InChI=1S/C8H11F3N2O2/c1-3-15-7(14)6-5(8(9,10)11)4-13(2)12-6/h4,7,14H,3H2,1-2H3. The zero-order chi connectivity index (χ0) is 11.6. The fourth-order valence-electron chi connectivity index (χ4n) is 1.14. The second-order valence-corrected chi connectivity index (χ2v) is 2.91. The van der Waals surface area contributed by atoms with Crippen LogP contribution in [0.25, 0.3) is 0 Å². The lowest BCUT2D eigenvalue weighted by atomic mass is 10.2. The Morgan fingerprint density at radius 1 is 1.60 bits per heavy atom. The number of hydrogen-bond acceptors (Lipinski definition) is 3. The lowest BCUT2D eigenvalue weighted by molar-refractivity contribution is -0.147. The third-order valence-electron chi connectivity index (χ3n) is 1.72. The van der Waals surface area contributed by atoms with Gasteiger partial charge in [-0.25, -0.2) is 0 Å². The first-order valence-corrected chi connectivity index (χ1v) is 4.26. The summed E-state index contributed by atoms with van der Waals surface area (Å²) in [5, 5.41) is 12.8. The highest BCUT2D eigenvalue weighted by Gasteiger charge is 2.37. The van der Waals surface area contributed by atoms with Crippen LogP contribution in [0.2, 0.25) is 0 Å². The maximum Gasteiger partial charge on any atom is 0.419 e. The first-order chi connectivity index (χ1) is 6.86. The maximum absolute atomic E-state index is 12.4. The van der Waals surface area contributed by atoms with Gasteiger partial charge in [0.25, 0.3) is 0 Å². The fourth-order valence-corrected chi connectivity index (χ4v) is 1.14. The van der Waals surface area contributed by atoms with Crippen LogP contribution in [0.15, 0.2) is 6.20 Å². The largest absolute Gasteiger partial charge is 0.419 e. The summed E-state index contributed by atoms with van der Waals surface area (Å²) >= 11 is 0. The maximum atomic E-state index is 12.4. The molecule has 1 N–H and O–H groups in total. The monoisotopic (exact) mass is 224 g/mol. The first kappa shape index (κ1) is 12.0. The van der Waals surface area contributed by atoms with Gasteiger partial charge in [-0.1, -0.05) is 0 Å².